The molecular weight excluding hydrogens is 1770 g/mol. The molecule has 0 heterocycles. The highest BCUT2D eigenvalue weighted by atomic mass is 35.5. The summed E-state index contributed by atoms with van der Waals surface area (Å²) >= 11 is 6.61. The summed E-state index contributed by atoms with van der Waals surface area (Å²) in [5, 5.41) is 75.8. The van der Waals surface area contributed by atoms with Crippen LogP contribution in [-0.2, 0) is 84.4 Å². The number of phenolic OH excluding ortho intramolecular Hbond substituents is 3. The molecule has 0 aliphatic rings. The van der Waals surface area contributed by atoms with Gasteiger partial charge in [0.25, 0.3) is 17.5 Å². The predicted octanol–water partition coefficient (Wildman–Crippen LogP) is 12.1. The number of aldehydes is 2. The van der Waals surface area contributed by atoms with Crippen molar-refractivity contribution in [3.05, 3.63) is 152 Å². The summed E-state index contributed by atoms with van der Waals surface area (Å²) in [5.74, 6) is -3.04. The zero-order valence-electron chi connectivity index (χ0n) is 77.0. The van der Waals surface area contributed by atoms with Crippen LogP contribution in [0.4, 0.5) is 10.5 Å². The molecule has 0 fully saturated rings. The van der Waals surface area contributed by atoms with E-state index in [9.17, 15) is 83.6 Å². The number of Topliss-reactive ketones (excluding diaryl/α,β-unsaturated/α-hetero) is 2. The van der Waals surface area contributed by atoms with Crippen LogP contribution in [0.2, 0.25) is 0 Å². The molecule has 39 heteroatoms. The summed E-state index contributed by atoms with van der Waals surface area (Å²) in [7, 11) is 0. The summed E-state index contributed by atoms with van der Waals surface area (Å²) < 4.78 is 69.3. The molecule has 5 aromatic carbocycles. The lowest BCUT2D eigenvalue weighted by Crippen LogP contribution is -2.36. The lowest BCUT2D eigenvalue weighted by Gasteiger charge is -2.20. The molecule has 0 spiro atoms. The number of carboxylic acid groups (broad SMARTS) is 1. The number of hydrogen-bond donors (Lipinski definition) is 9. The van der Waals surface area contributed by atoms with Gasteiger partial charge in [0.05, 0.1) is 141 Å². The molecule has 4 amide bonds. The highest BCUT2D eigenvalue weighted by molar-refractivity contribution is 7.98. The number of aliphatic hydroxyl groups excluding tert-OH is 2. The number of benzene rings is 5. The van der Waals surface area contributed by atoms with Gasteiger partial charge in [-0.2, -0.15) is 11.8 Å². The molecule has 37 nitrogen and oxygen atoms in total. The number of nitro benzene ring substituents is 1. The number of carbonyl (C=O) groups is 10. The van der Waals surface area contributed by atoms with Gasteiger partial charge >= 0.3 is 11.4 Å². The number of nitrogens with two attached hydrogens (primary N) is 2. The van der Waals surface area contributed by atoms with Crippen LogP contribution < -0.4 is 16.2 Å². The summed E-state index contributed by atoms with van der Waals surface area (Å²) in [4.78, 5) is 126. The summed E-state index contributed by atoms with van der Waals surface area (Å²) in [6.07, 6.45) is 17.7. The molecule has 0 unspecified atom stereocenters. The second kappa shape index (κ2) is 83.4. The summed E-state index contributed by atoms with van der Waals surface area (Å²) in [6, 6.07) is 21.3. The second-order valence-electron chi connectivity index (χ2n) is 28.5. The van der Waals surface area contributed by atoms with Gasteiger partial charge < -0.3 is 109 Å². The van der Waals surface area contributed by atoms with Crippen molar-refractivity contribution in [2.24, 2.45) is 11.5 Å². The SMILES string of the molecule is CC(=O)N(CCCOCCOCCOCCCN)C(=O)c1cc(CO)ccc1O.CCCCCOCCOCCOCCCCC(=O)c1cc(C=O)ccc1O.CCCCCOCCOCCOCCCN.CSCCC(=O)CCCCOCCOCCOCCCN(C(C)=O)C(=O)c1cc(CO)ccc1O.O=C(Cl)Oc1ccc([N+](=O)[O-])cc1.O=Cc1ccc(O)c(C(=O)O)c1. The molecule has 742 valence electrons. The minimum Gasteiger partial charge on any atom is -0.507 e. The van der Waals surface area contributed by atoms with E-state index >= 15 is 0 Å². The molecule has 132 heavy (non-hydrogen) atoms. The molecule has 0 radical (unpaired) electrons. The first-order valence-corrected chi connectivity index (χ1v) is 45.8. The monoisotopic (exact) mass is 1910 g/mol. The highest BCUT2D eigenvalue weighted by Crippen LogP contribution is 2.25. The Morgan fingerprint density at radius 2 is 0.735 bits per heavy atom. The first-order chi connectivity index (χ1) is 63.7. The van der Waals surface area contributed by atoms with Crippen LogP contribution in [0.25, 0.3) is 0 Å². The molecule has 0 bridgehead atoms. The number of hydrogen-bond acceptors (Lipinski definition) is 34. The van der Waals surface area contributed by atoms with E-state index in [4.69, 9.17) is 90.1 Å². The minimum atomic E-state index is -1.25. The van der Waals surface area contributed by atoms with E-state index < -0.39 is 39.9 Å². The van der Waals surface area contributed by atoms with Gasteiger partial charge in [-0.3, -0.25) is 58.3 Å². The van der Waals surface area contributed by atoms with Gasteiger partial charge in [0, 0.05) is 134 Å². The Kier molecular flexibility index (Phi) is 77.5. The van der Waals surface area contributed by atoms with E-state index in [1.165, 1.54) is 131 Å². The fourth-order valence-corrected chi connectivity index (χ4v) is 11.3. The Morgan fingerprint density at radius 1 is 0.417 bits per heavy atom. The van der Waals surface area contributed by atoms with E-state index in [1.807, 2.05) is 6.26 Å². The topological polar surface area (TPSA) is 534 Å². The molecule has 0 saturated heterocycles. The maximum Gasteiger partial charge on any atom is 0.409 e. The Morgan fingerprint density at radius 3 is 1.05 bits per heavy atom. The van der Waals surface area contributed by atoms with Crippen molar-refractivity contribution < 1.29 is 150 Å². The highest BCUT2D eigenvalue weighted by Gasteiger charge is 2.25. The molecule has 5 aromatic rings. The fourth-order valence-electron chi connectivity index (χ4n) is 10.8. The Hall–Kier alpha value is -9.40. The number of rotatable bonds is 69. The van der Waals surface area contributed by atoms with Gasteiger partial charge in [-0.05, 0) is 173 Å². The van der Waals surface area contributed by atoms with Crippen LogP contribution in [0.15, 0.2) is 97.1 Å². The van der Waals surface area contributed by atoms with Gasteiger partial charge in [-0.15, -0.1) is 0 Å². The molecule has 5 rings (SSSR count). The van der Waals surface area contributed by atoms with E-state index in [2.05, 4.69) is 18.6 Å². The molecule has 0 aromatic heterocycles. The average Bonchev–Trinajstić information content (AvgIpc) is 0.831. The van der Waals surface area contributed by atoms with Crippen LogP contribution in [-0.4, -0.2) is 306 Å². The molecule has 0 aliphatic heterocycles. The van der Waals surface area contributed by atoms with Crippen molar-refractivity contribution in [3.63, 3.8) is 0 Å². The van der Waals surface area contributed by atoms with Crippen LogP contribution in [0, 0.1) is 10.1 Å². The van der Waals surface area contributed by atoms with Crippen molar-refractivity contribution >= 4 is 88.2 Å². The summed E-state index contributed by atoms with van der Waals surface area (Å²) in [6.45, 7) is 21.3. The quantitative estimate of drug-likeness (QED) is 0.00436. The number of amides is 4. The Balaban J connectivity index is 0.00000162. The number of phenols is 4. The van der Waals surface area contributed by atoms with Crippen molar-refractivity contribution in [1.82, 2.24) is 9.80 Å². The normalized spacial score (nSPS) is 10.6. The first kappa shape index (κ1) is 123. The Labute approximate surface area is 783 Å². The van der Waals surface area contributed by atoms with Crippen LogP contribution in [0.1, 0.15) is 210 Å². The number of non-ortho nitro benzene ring substituents is 1. The summed E-state index contributed by atoms with van der Waals surface area (Å²) in [5.41, 5.74) is 11.1. The van der Waals surface area contributed by atoms with E-state index in [0.29, 0.717) is 225 Å². The number of aromatic hydroxyl groups is 4. The third-order valence-electron chi connectivity index (χ3n) is 17.9. The number of unbranched alkanes of at least 4 members (excludes halogenated alkanes) is 6. The average molecular weight is 1910 g/mol. The molecule has 0 atom stereocenters. The third kappa shape index (κ3) is 63.7. The number of carboxylic acids is 1. The molecule has 0 aliphatic carbocycles. The van der Waals surface area contributed by atoms with E-state index in [-0.39, 0.29) is 94.3 Å². The van der Waals surface area contributed by atoms with Crippen LogP contribution in [0.5, 0.6) is 28.7 Å². The second-order valence-corrected chi connectivity index (χ2v) is 29.8. The first-order valence-electron chi connectivity index (χ1n) is 44.0. The Bertz CT molecular complexity index is 3950. The van der Waals surface area contributed by atoms with Crippen molar-refractivity contribution in [2.45, 2.75) is 150 Å². The zero-order chi connectivity index (χ0) is 98.0. The van der Waals surface area contributed by atoms with Gasteiger partial charge in [-0.25, -0.2) is 9.59 Å². The van der Waals surface area contributed by atoms with E-state index in [0.717, 1.165) is 86.4 Å². The minimum absolute atomic E-state index is 0.0188. The van der Waals surface area contributed by atoms with Crippen LogP contribution in [0.3, 0.4) is 0 Å². The molecular formula is C93H140ClN5O32S. The third-order valence-corrected chi connectivity index (χ3v) is 18.6. The van der Waals surface area contributed by atoms with E-state index in [1.54, 1.807) is 11.8 Å². The molecule has 11 N–H and O–H groups in total. The predicted molar refractivity (Wildman–Crippen MR) is 496 cm³/mol. The van der Waals surface area contributed by atoms with Crippen molar-refractivity contribution in [1.29, 1.82) is 0 Å². The number of aliphatic hydroxyl groups is 2. The van der Waals surface area contributed by atoms with Gasteiger partial charge in [0.2, 0.25) is 11.8 Å². The van der Waals surface area contributed by atoms with Crippen molar-refractivity contribution in [2.75, 3.05) is 197 Å². The lowest BCUT2D eigenvalue weighted by atomic mass is 10.0. The zero-order valence-corrected chi connectivity index (χ0v) is 78.5. The number of imide groups is 2. The van der Waals surface area contributed by atoms with Crippen molar-refractivity contribution in [3.8, 4) is 28.7 Å². The maximum atomic E-state index is 12.7. The number of halogens is 1. The number of nitro groups is 1. The number of nitrogens with zero attached hydrogens (tertiary/aromatic N) is 3. The maximum absolute atomic E-state index is 12.7. The number of ketones is 2. The van der Waals surface area contributed by atoms with Crippen LogP contribution >= 0.6 is 23.4 Å². The van der Waals surface area contributed by atoms with Gasteiger partial charge in [0.1, 0.15) is 52.7 Å². The fraction of sp³-hybridized carbons (Fsp3) is 0.570. The number of thioether (sulfide) groups is 1. The van der Waals surface area contributed by atoms with Gasteiger partial charge in [-0.1, -0.05) is 51.7 Å². The molecule has 0 saturated carbocycles. The lowest BCUT2D eigenvalue weighted by molar-refractivity contribution is -0.384. The largest absolute Gasteiger partial charge is 0.507 e. The number of carbonyl (C=O) groups excluding carboxylic acids is 9. The number of ether oxygens (including phenoxy) is 13. The standard InChI is InChI=1S/C25H39NO8S.C21H32O6.C20H32N2O7.C12H27NO3.C8H6O4.C7H4ClNO4/c1-20(28)26(25(31)23-18-21(19-27)7-8-24(23)30)10-5-12-33-14-16-34-15-13-32-11-4-3-6-22(29)9-17-35-2;1-2-3-5-10-25-12-14-27-15-13-26-11-6-4-7-20(23)19-16-18(17-22)8-9-21(19)24;1-16(24)22(20(26)18-14-17(15-23)4-5-19(18)25)7-3-9-28-11-13-29-12-10-27-8-2-6-21;1-2-3-4-7-14-9-11-16-12-10-15-8-5-6-13;9-4-5-1-2-7(10)6(3-5)8(11)12;8-7(10)13-6-3-1-5(2-4-6)9(11)12/h7-8,18,27,30H,3-6,9-17,19H2,1-2H3;8-9,16-17,24H,2-7,10-15H2,1H3;4-5,14,23,25H,2-3,6-13,15,21H2,1H3;2-13H2,1H3;1-4,10H,(H,11,12);1-4H. The van der Waals surface area contributed by atoms with Gasteiger partial charge in [0.15, 0.2) is 5.78 Å². The number of aromatic carboxylic acids is 1. The smallest absolute Gasteiger partial charge is 0.409 e.